The van der Waals surface area contributed by atoms with E-state index in [4.69, 9.17) is 0 Å². The molecule has 0 aliphatic carbocycles. The average molecular weight is 237 g/mol. The molecule has 0 bridgehead atoms. The van der Waals surface area contributed by atoms with Gasteiger partial charge in [0.05, 0.1) is 0 Å². The van der Waals surface area contributed by atoms with Crippen molar-refractivity contribution in [3.05, 3.63) is 42.0 Å². The van der Waals surface area contributed by atoms with E-state index in [1.54, 1.807) is 12.4 Å². The van der Waals surface area contributed by atoms with Gasteiger partial charge in [-0.1, -0.05) is 13.8 Å². The highest BCUT2D eigenvalue weighted by Gasteiger charge is 2.32. The van der Waals surface area contributed by atoms with Gasteiger partial charge in [0.25, 0.3) is 0 Å². The lowest BCUT2D eigenvalue weighted by Gasteiger charge is -2.15. The lowest BCUT2D eigenvalue weighted by Crippen LogP contribution is -2.12. The Morgan fingerprint density at radius 2 is 2.06 bits per heavy atom. The molecular formula is C15H15N3. The Balaban J connectivity index is 2.18. The minimum atomic E-state index is 0.240. The summed E-state index contributed by atoms with van der Waals surface area (Å²) in [5.41, 5.74) is 4.61. The van der Waals surface area contributed by atoms with Crippen molar-refractivity contribution in [3.8, 4) is 17.2 Å². The minimum Gasteiger partial charge on any atom is -0.335 e. The van der Waals surface area contributed by atoms with Crippen LogP contribution in [-0.2, 0) is 13.0 Å². The van der Waals surface area contributed by atoms with Crippen molar-refractivity contribution in [3.63, 3.8) is 0 Å². The summed E-state index contributed by atoms with van der Waals surface area (Å²) in [6.45, 7) is 5.42. The molecule has 0 spiro atoms. The molecule has 3 nitrogen and oxygen atoms in total. The van der Waals surface area contributed by atoms with Gasteiger partial charge in [0, 0.05) is 30.2 Å². The standard InChI is InChI=1S/C15H15N3/c1-15(2)8-14-13(11-3-5-17-6-4-11)7-12(9-16)18(14)10-15/h3-7H,8,10H2,1-2H3. The van der Waals surface area contributed by atoms with Crippen molar-refractivity contribution in [1.82, 2.24) is 9.55 Å². The van der Waals surface area contributed by atoms with Crippen molar-refractivity contribution in [2.24, 2.45) is 5.41 Å². The summed E-state index contributed by atoms with van der Waals surface area (Å²) in [4.78, 5) is 4.05. The molecule has 0 radical (unpaired) electrons. The molecule has 1 aliphatic heterocycles. The fourth-order valence-corrected chi connectivity index (χ4v) is 2.77. The van der Waals surface area contributed by atoms with Crippen LogP contribution in [-0.4, -0.2) is 9.55 Å². The highest BCUT2D eigenvalue weighted by Crippen LogP contribution is 2.39. The minimum absolute atomic E-state index is 0.240. The van der Waals surface area contributed by atoms with E-state index < -0.39 is 0 Å². The van der Waals surface area contributed by atoms with Crippen LogP contribution in [0.2, 0.25) is 0 Å². The Hall–Kier alpha value is -2.08. The van der Waals surface area contributed by atoms with E-state index in [-0.39, 0.29) is 5.41 Å². The SMILES string of the molecule is CC1(C)Cc2c(-c3ccncc3)cc(C#N)n2C1. The molecule has 0 N–H and O–H groups in total. The first-order chi connectivity index (χ1) is 8.61. The maximum atomic E-state index is 9.25. The summed E-state index contributed by atoms with van der Waals surface area (Å²) in [6, 6.07) is 8.31. The Kier molecular flexibility index (Phi) is 2.27. The fraction of sp³-hybridized carbons (Fsp3) is 0.333. The number of nitrogens with zero attached hydrogens (tertiary/aromatic N) is 3. The number of fused-ring (bicyclic) bond motifs is 1. The average Bonchev–Trinajstić information content (AvgIpc) is 2.83. The van der Waals surface area contributed by atoms with Crippen LogP contribution in [0.1, 0.15) is 25.2 Å². The summed E-state index contributed by atoms with van der Waals surface area (Å²) in [7, 11) is 0. The molecule has 2 aromatic rings. The number of nitriles is 1. The van der Waals surface area contributed by atoms with E-state index >= 15 is 0 Å². The maximum Gasteiger partial charge on any atom is 0.121 e. The first kappa shape index (κ1) is 11.0. The van der Waals surface area contributed by atoms with E-state index in [9.17, 15) is 5.26 Å². The van der Waals surface area contributed by atoms with Crippen molar-refractivity contribution in [2.75, 3.05) is 0 Å². The topological polar surface area (TPSA) is 41.6 Å². The van der Waals surface area contributed by atoms with Gasteiger partial charge in [-0.15, -0.1) is 0 Å². The fourth-order valence-electron chi connectivity index (χ4n) is 2.77. The number of rotatable bonds is 1. The molecule has 0 saturated heterocycles. The van der Waals surface area contributed by atoms with Crippen LogP contribution in [0.15, 0.2) is 30.6 Å². The number of hydrogen-bond donors (Lipinski definition) is 0. The van der Waals surface area contributed by atoms with Gasteiger partial charge in [-0.05, 0) is 35.6 Å². The maximum absolute atomic E-state index is 9.25. The molecule has 0 fully saturated rings. The van der Waals surface area contributed by atoms with Gasteiger partial charge in [-0.3, -0.25) is 4.98 Å². The zero-order valence-electron chi connectivity index (χ0n) is 10.6. The van der Waals surface area contributed by atoms with Gasteiger partial charge in [-0.2, -0.15) is 5.26 Å². The van der Waals surface area contributed by atoms with E-state index in [1.165, 1.54) is 11.3 Å². The summed E-state index contributed by atoms with van der Waals surface area (Å²) >= 11 is 0. The van der Waals surface area contributed by atoms with E-state index in [1.807, 2.05) is 18.2 Å². The molecule has 0 saturated carbocycles. The Labute approximate surface area is 107 Å². The van der Waals surface area contributed by atoms with Gasteiger partial charge in [0.2, 0.25) is 0 Å². The second-order valence-corrected chi connectivity index (χ2v) is 5.66. The predicted octanol–water partition coefficient (Wildman–Crippen LogP) is 3.00. The summed E-state index contributed by atoms with van der Waals surface area (Å²) in [6.07, 6.45) is 4.61. The van der Waals surface area contributed by atoms with Crippen molar-refractivity contribution in [2.45, 2.75) is 26.8 Å². The van der Waals surface area contributed by atoms with Crippen LogP contribution in [0.25, 0.3) is 11.1 Å². The summed E-state index contributed by atoms with van der Waals surface area (Å²) < 4.78 is 2.16. The highest BCUT2D eigenvalue weighted by molar-refractivity contribution is 5.69. The van der Waals surface area contributed by atoms with Crippen molar-refractivity contribution in [1.29, 1.82) is 5.26 Å². The molecule has 0 amide bonds. The molecule has 3 heteroatoms. The molecule has 1 aliphatic rings. The monoisotopic (exact) mass is 237 g/mol. The molecule has 18 heavy (non-hydrogen) atoms. The zero-order valence-corrected chi connectivity index (χ0v) is 10.6. The lowest BCUT2D eigenvalue weighted by atomic mass is 9.89. The first-order valence-corrected chi connectivity index (χ1v) is 6.14. The van der Waals surface area contributed by atoms with Crippen molar-refractivity contribution < 1.29 is 0 Å². The summed E-state index contributed by atoms with van der Waals surface area (Å²) in [5.74, 6) is 0. The number of hydrogen-bond acceptors (Lipinski definition) is 2. The Morgan fingerprint density at radius 1 is 1.33 bits per heavy atom. The smallest absolute Gasteiger partial charge is 0.121 e. The molecule has 90 valence electrons. The van der Waals surface area contributed by atoms with Crippen LogP contribution >= 0.6 is 0 Å². The molecule has 2 aromatic heterocycles. The Bertz CT molecular complexity index is 630. The van der Waals surface area contributed by atoms with E-state index in [0.717, 1.165) is 24.2 Å². The zero-order chi connectivity index (χ0) is 12.8. The third kappa shape index (κ3) is 1.62. The first-order valence-electron chi connectivity index (χ1n) is 6.14. The Morgan fingerprint density at radius 3 is 2.72 bits per heavy atom. The largest absolute Gasteiger partial charge is 0.335 e. The van der Waals surface area contributed by atoms with E-state index in [0.29, 0.717) is 0 Å². The van der Waals surface area contributed by atoms with Gasteiger partial charge in [0.15, 0.2) is 0 Å². The third-order valence-corrected chi connectivity index (χ3v) is 3.55. The normalized spacial score (nSPS) is 16.3. The van der Waals surface area contributed by atoms with Crippen LogP contribution in [0.4, 0.5) is 0 Å². The second-order valence-electron chi connectivity index (χ2n) is 5.66. The molecule has 3 heterocycles. The third-order valence-electron chi connectivity index (χ3n) is 3.55. The number of aromatic nitrogens is 2. The van der Waals surface area contributed by atoms with Crippen LogP contribution in [0, 0.1) is 16.7 Å². The molecule has 0 aromatic carbocycles. The molecular weight excluding hydrogens is 222 g/mol. The van der Waals surface area contributed by atoms with E-state index in [2.05, 4.69) is 29.5 Å². The highest BCUT2D eigenvalue weighted by atomic mass is 15.0. The van der Waals surface area contributed by atoms with Crippen LogP contribution in [0.5, 0.6) is 0 Å². The molecule has 0 unspecified atom stereocenters. The van der Waals surface area contributed by atoms with Gasteiger partial charge >= 0.3 is 0 Å². The lowest BCUT2D eigenvalue weighted by molar-refractivity contribution is 0.358. The summed E-state index contributed by atoms with van der Waals surface area (Å²) in [5, 5.41) is 9.25. The van der Waals surface area contributed by atoms with Gasteiger partial charge < -0.3 is 4.57 Å². The quantitative estimate of drug-likeness (QED) is 0.765. The number of pyridine rings is 1. The van der Waals surface area contributed by atoms with Gasteiger partial charge in [-0.25, -0.2) is 0 Å². The van der Waals surface area contributed by atoms with Crippen LogP contribution < -0.4 is 0 Å². The molecule has 0 atom stereocenters. The predicted molar refractivity (Wildman–Crippen MR) is 69.9 cm³/mol. The van der Waals surface area contributed by atoms with Crippen molar-refractivity contribution >= 4 is 0 Å². The second kappa shape index (κ2) is 3.71. The van der Waals surface area contributed by atoms with Crippen LogP contribution in [0.3, 0.4) is 0 Å². The molecule has 3 rings (SSSR count). The van der Waals surface area contributed by atoms with Gasteiger partial charge in [0.1, 0.15) is 11.8 Å².